The lowest BCUT2D eigenvalue weighted by Gasteiger charge is -2.07. The summed E-state index contributed by atoms with van der Waals surface area (Å²) in [5.41, 5.74) is 1.73. The number of carbonyl (C=O) groups excluding carboxylic acids is 1. The molecule has 0 spiro atoms. The van der Waals surface area contributed by atoms with E-state index in [9.17, 15) is 4.79 Å². The molecule has 0 fully saturated rings. The first-order chi connectivity index (χ1) is 6.74. The first-order valence-electron chi connectivity index (χ1n) is 4.54. The Balaban J connectivity index is 2.46. The summed E-state index contributed by atoms with van der Waals surface area (Å²) in [4.78, 5) is 11.0. The standard InChI is InChI=1S/C11H14NO2/c1-3-14-11(13)8-12-10-7-5-4-6-9(10)2/h4-7,12H,2-3,8H2,1H3. The summed E-state index contributed by atoms with van der Waals surface area (Å²) in [6, 6.07) is 7.55. The molecule has 75 valence electrons. The Morgan fingerprint density at radius 2 is 2.21 bits per heavy atom. The van der Waals surface area contributed by atoms with Gasteiger partial charge < -0.3 is 10.1 Å². The quantitative estimate of drug-likeness (QED) is 0.740. The molecule has 0 saturated heterocycles. The third-order valence-corrected chi connectivity index (χ3v) is 1.75. The fourth-order valence-electron chi connectivity index (χ4n) is 1.07. The van der Waals surface area contributed by atoms with Crippen LogP contribution in [0.4, 0.5) is 5.69 Å². The van der Waals surface area contributed by atoms with E-state index < -0.39 is 0 Å². The first kappa shape index (κ1) is 10.6. The van der Waals surface area contributed by atoms with Gasteiger partial charge in [-0.2, -0.15) is 0 Å². The summed E-state index contributed by atoms with van der Waals surface area (Å²) >= 11 is 0. The van der Waals surface area contributed by atoms with Crippen molar-refractivity contribution in [1.29, 1.82) is 0 Å². The van der Waals surface area contributed by atoms with Gasteiger partial charge in [0.1, 0.15) is 6.54 Å². The molecule has 3 nitrogen and oxygen atoms in total. The second-order valence-electron chi connectivity index (χ2n) is 2.82. The van der Waals surface area contributed by atoms with Gasteiger partial charge in [-0.1, -0.05) is 18.2 Å². The number of esters is 1. The molecule has 3 heteroatoms. The van der Waals surface area contributed by atoms with Gasteiger partial charge in [0.15, 0.2) is 0 Å². The van der Waals surface area contributed by atoms with E-state index in [1.165, 1.54) is 0 Å². The van der Waals surface area contributed by atoms with Gasteiger partial charge in [0.2, 0.25) is 0 Å². The molecular weight excluding hydrogens is 178 g/mol. The van der Waals surface area contributed by atoms with Gasteiger partial charge in [-0.25, -0.2) is 0 Å². The number of para-hydroxylation sites is 1. The van der Waals surface area contributed by atoms with Gasteiger partial charge in [0.05, 0.1) is 6.61 Å². The second-order valence-corrected chi connectivity index (χ2v) is 2.82. The van der Waals surface area contributed by atoms with Gasteiger partial charge in [0, 0.05) is 5.69 Å². The fraction of sp³-hybridized carbons (Fsp3) is 0.273. The van der Waals surface area contributed by atoms with Crippen LogP contribution in [0.25, 0.3) is 0 Å². The second kappa shape index (κ2) is 5.27. The highest BCUT2D eigenvalue weighted by Gasteiger charge is 2.01. The van der Waals surface area contributed by atoms with E-state index in [1.807, 2.05) is 24.3 Å². The van der Waals surface area contributed by atoms with Crippen LogP contribution in [0.2, 0.25) is 0 Å². The number of rotatable bonds is 4. The maximum atomic E-state index is 11.0. The summed E-state index contributed by atoms with van der Waals surface area (Å²) in [6.07, 6.45) is 0. The van der Waals surface area contributed by atoms with E-state index in [4.69, 9.17) is 4.74 Å². The molecule has 1 radical (unpaired) electrons. The molecule has 0 aliphatic rings. The molecule has 1 N–H and O–H groups in total. The van der Waals surface area contributed by atoms with Crippen LogP contribution in [-0.2, 0) is 9.53 Å². The highest BCUT2D eigenvalue weighted by molar-refractivity contribution is 5.75. The van der Waals surface area contributed by atoms with Crippen molar-refractivity contribution in [2.75, 3.05) is 18.5 Å². The maximum absolute atomic E-state index is 11.0. The van der Waals surface area contributed by atoms with Crippen LogP contribution in [0, 0.1) is 6.92 Å². The molecule has 0 aliphatic heterocycles. The minimum atomic E-state index is -0.254. The van der Waals surface area contributed by atoms with Crippen molar-refractivity contribution in [2.45, 2.75) is 6.92 Å². The summed E-state index contributed by atoms with van der Waals surface area (Å²) < 4.78 is 4.78. The summed E-state index contributed by atoms with van der Waals surface area (Å²) in [7, 11) is 0. The summed E-state index contributed by atoms with van der Waals surface area (Å²) in [5.74, 6) is -0.254. The fourth-order valence-corrected chi connectivity index (χ4v) is 1.07. The van der Waals surface area contributed by atoms with Crippen LogP contribution in [0.5, 0.6) is 0 Å². The zero-order chi connectivity index (χ0) is 10.4. The number of nitrogens with one attached hydrogen (secondary N) is 1. The number of ether oxygens (including phenoxy) is 1. The van der Waals surface area contributed by atoms with Crippen LogP contribution < -0.4 is 5.32 Å². The van der Waals surface area contributed by atoms with Gasteiger partial charge in [-0.15, -0.1) is 0 Å². The van der Waals surface area contributed by atoms with E-state index in [1.54, 1.807) is 6.92 Å². The van der Waals surface area contributed by atoms with Crippen LogP contribution in [0.3, 0.4) is 0 Å². The van der Waals surface area contributed by atoms with E-state index >= 15 is 0 Å². The molecule has 0 bridgehead atoms. The van der Waals surface area contributed by atoms with Gasteiger partial charge in [-0.3, -0.25) is 4.79 Å². The molecule has 0 aliphatic carbocycles. The van der Waals surface area contributed by atoms with Crippen molar-refractivity contribution in [3.63, 3.8) is 0 Å². The van der Waals surface area contributed by atoms with Crippen molar-refractivity contribution in [1.82, 2.24) is 0 Å². The Kier molecular flexibility index (Phi) is 3.98. The Hall–Kier alpha value is -1.51. The van der Waals surface area contributed by atoms with E-state index in [-0.39, 0.29) is 12.5 Å². The molecule has 1 rings (SSSR count). The molecule has 14 heavy (non-hydrogen) atoms. The van der Waals surface area contributed by atoms with E-state index in [0.717, 1.165) is 11.3 Å². The molecule has 0 aromatic heterocycles. The SMILES string of the molecule is [CH2]c1ccccc1NCC(=O)OCC. The lowest BCUT2D eigenvalue weighted by molar-refractivity contribution is -0.140. The average Bonchev–Trinajstić information content (AvgIpc) is 2.17. The molecule has 1 aromatic carbocycles. The van der Waals surface area contributed by atoms with Crippen molar-refractivity contribution >= 4 is 11.7 Å². The number of benzene rings is 1. The normalized spacial score (nSPS) is 9.57. The zero-order valence-corrected chi connectivity index (χ0v) is 8.25. The third-order valence-electron chi connectivity index (χ3n) is 1.75. The van der Waals surface area contributed by atoms with Crippen LogP contribution in [0.1, 0.15) is 12.5 Å². The van der Waals surface area contributed by atoms with Gasteiger partial charge >= 0.3 is 5.97 Å². The molecule has 0 atom stereocenters. The predicted octanol–water partition coefficient (Wildman–Crippen LogP) is 1.84. The Bertz CT molecular complexity index is 310. The molecule has 0 saturated carbocycles. The highest BCUT2D eigenvalue weighted by atomic mass is 16.5. The van der Waals surface area contributed by atoms with E-state index in [2.05, 4.69) is 12.2 Å². The van der Waals surface area contributed by atoms with Crippen LogP contribution >= 0.6 is 0 Å². The number of carbonyl (C=O) groups is 1. The number of hydrogen-bond donors (Lipinski definition) is 1. The summed E-state index contributed by atoms with van der Waals surface area (Å²) in [5, 5.41) is 2.96. The largest absolute Gasteiger partial charge is 0.465 e. The van der Waals surface area contributed by atoms with Gasteiger partial charge in [0.25, 0.3) is 0 Å². The van der Waals surface area contributed by atoms with Crippen molar-refractivity contribution in [3.8, 4) is 0 Å². The third kappa shape index (κ3) is 3.09. The minimum Gasteiger partial charge on any atom is -0.465 e. The lowest BCUT2D eigenvalue weighted by atomic mass is 10.2. The lowest BCUT2D eigenvalue weighted by Crippen LogP contribution is -2.17. The van der Waals surface area contributed by atoms with Crippen LogP contribution in [-0.4, -0.2) is 19.1 Å². The zero-order valence-electron chi connectivity index (χ0n) is 8.25. The number of anilines is 1. The monoisotopic (exact) mass is 192 g/mol. The smallest absolute Gasteiger partial charge is 0.325 e. The Morgan fingerprint density at radius 1 is 1.50 bits per heavy atom. The molecule has 0 unspecified atom stereocenters. The van der Waals surface area contributed by atoms with Gasteiger partial charge in [-0.05, 0) is 25.5 Å². The molecular formula is C11H14NO2. The predicted molar refractivity (Wildman–Crippen MR) is 56.0 cm³/mol. The molecule has 0 amide bonds. The minimum absolute atomic E-state index is 0.181. The van der Waals surface area contributed by atoms with Crippen molar-refractivity contribution < 1.29 is 9.53 Å². The topological polar surface area (TPSA) is 38.3 Å². The van der Waals surface area contributed by atoms with Crippen molar-refractivity contribution in [3.05, 3.63) is 36.8 Å². The molecule has 1 aromatic rings. The van der Waals surface area contributed by atoms with E-state index in [0.29, 0.717) is 6.61 Å². The first-order valence-corrected chi connectivity index (χ1v) is 4.54. The number of hydrogen-bond acceptors (Lipinski definition) is 3. The average molecular weight is 192 g/mol. The summed E-state index contributed by atoms with van der Waals surface area (Å²) in [6.45, 7) is 6.20. The van der Waals surface area contributed by atoms with Crippen LogP contribution in [0.15, 0.2) is 24.3 Å². The Morgan fingerprint density at radius 3 is 2.86 bits per heavy atom. The molecule has 0 heterocycles. The Labute approximate surface area is 84.1 Å². The highest BCUT2D eigenvalue weighted by Crippen LogP contribution is 2.12. The maximum Gasteiger partial charge on any atom is 0.325 e. The van der Waals surface area contributed by atoms with Crippen molar-refractivity contribution in [2.24, 2.45) is 0 Å².